The number of hydrogen-bond acceptors (Lipinski definition) is 4. The summed E-state index contributed by atoms with van der Waals surface area (Å²) in [5.74, 6) is 0.0934. The molecule has 0 bridgehead atoms. The van der Waals surface area contributed by atoms with Gasteiger partial charge in [0.25, 0.3) is 5.91 Å². The molecule has 2 aliphatic heterocycles. The minimum atomic E-state index is -0.286. The molecule has 1 saturated heterocycles. The van der Waals surface area contributed by atoms with E-state index in [1.807, 2.05) is 66.1 Å². The summed E-state index contributed by atoms with van der Waals surface area (Å²) in [6, 6.07) is 11.8. The molecule has 0 aromatic heterocycles. The first-order valence-corrected chi connectivity index (χ1v) is 10.9. The fourth-order valence-corrected chi connectivity index (χ4v) is 4.48. The zero-order valence-corrected chi connectivity index (χ0v) is 19.2. The van der Waals surface area contributed by atoms with Gasteiger partial charge in [0.1, 0.15) is 0 Å². The third kappa shape index (κ3) is 4.04. The van der Waals surface area contributed by atoms with Crippen LogP contribution >= 0.6 is 0 Å². The molecule has 0 radical (unpaired) electrons. The Labute approximate surface area is 185 Å². The number of hydrogen-bond donors (Lipinski definition) is 0. The number of piperazine rings is 1. The van der Waals surface area contributed by atoms with Crippen molar-refractivity contribution in [2.45, 2.75) is 26.3 Å². The number of fused-ring (bicyclic) bond motifs is 1. The molecule has 2 aromatic carbocycles. The molecule has 31 heavy (non-hydrogen) atoms. The van der Waals surface area contributed by atoms with Crippen molar-refractivity contribution in [2.75, 3.05) is 57.1 Å². The second kappa shape index (κ2) is 8.35. The number of nitrogens with zero attached hydrogens (tertiary/aromatic N) is 4. The molecule has 0 aliphatic carbocycles. The van der Waals surface area contributed by atoms with Gasteiger partial charge in [-0.05, 0) is 61.9 Å². The molecular weight excluding hydrogens is 388 g/mol. The van der Waals surface area contributed by atoms with Crippen LogP contribution in [0.25, 0.3) is 0 Å². The molecular formula is C25H32N4O2. The first-order chi connectivity index (χ1) is 14.8. The topological polar surface area (TPSA) is 47.1 Å². The second-order valence-corrected chi connectivity index (χ2v) is 9.02. The van der Waals surface area contributed by atoms with Crippen LogP contribution in [0.5, 0.6) is 0 Å². The number of carbonyl (C=O) groups is 2. The lowest BCUT2D eigenvalue weighted by Gasteiger charge is -2.34. The third-order valence-corrected chi connectivity index (χ3v) is 6.63. The van der Waals surface area contributed by atoms with Crippen LogP contribution in [0.4, 0.5) is 11.4 Å². The van der Waals surface area contributed by atoms with Crippen molar-refractivity contribution in [2.24, 2.45) is 0 Å². The average molecular weight is 421 g/mol. The van der Waals surface area contributed by atoms with Crippen LogP contribution in [-0.2, 0) is 4.79 Å². The minimum absolute atomic E-state index is 0.0230. The van der Waals surface area contributed by atoms with Gasteiger partial charge in [-0.2, -0.15) is 0 Å². The van der Waals surface area contributed by atoms with E-state index in [4.69, 9.17) is 0 Å². The highest BCUT2D eigenvalue weighted by atomic mass is 16.2. The number of likely N-dealkylation sites (N-methyl/N-ethyl adjacent to an activating group) is 1. The normalized spacial score (nSPS) is 19.0. The highest BCUT2D eigenvalue weighted by Crippen LogP contribution is 2.41. The molecule has 2 aromatic rings. The lowest BCUT2D eigenvalue weighted by Crippen LogP contribution is -2.47. The van der Waals surface area contributed by atoms with E-state index in [0.29, 0.717) is 6.42 Å². The third-order valence-electron chi connectivity index (χ3n) is 6.63. The average Bonchev–Trinajstić information content (AvgIpc) is 2.99. The van der Waals surface area contributed by atoms with Crippen molar-refractivity contribution in [3.63, 3.8) is 0 Å². The van der Waals surface area contributed by atoms with Crippen LogP contribution in [0.3, 0.4) is 0 Å². The van der Waals surface area contributed by atoms with Crippen LogP contribution < -0.4 is 9.80 Å². The van der Waals surface area contributed by atoms with Gasteiger partial charge in [-0.3, -0.25) is 9.59 Å². The summed E-state index contributed by atoms with van der Waals surface area (Å²) in [6.07, 6.45) is 0.303. The summed E-state index contributed by atoms with van der Waals surface area (Å²) in [7, 11) is 6.06. The molecule has 0 spiro atoms. The zero-order chi connectivity index (χ0) is 22.3. The SMILES string of the molecule is Cc1cc2c(cc1C)C(CC(=O)N1CCN(C)CC1)N(c1cccc(N(C)C)c1)C2=O. The Bertz CT molecular complexity index is 1010. The summed E-state index contributed by atoms with van der Waals surface area (Å²) >= 11 is 0. The second-order valence-electron chi connectivity index (χ2n) is 9.02. The largest absolute Gasteiger partial charge is 0.378 e. The van der Waals surface area contributed by atoms with E-state index in [2.05, 4.69) is 24.9 Å². The first-order valence-electron chi connectivity index (χ1n) is 10.9. The summed E-state index contributed by atoms with van der Waals surface area (Å²) < 4.78 is 0. The molecule has 6 nitrogen and oxygen atoms in total. The fourth-order valence-electron chi connectivity index (χ4n) is 4.48. The van der Waals surface area contributed by atoms with Crippen molar-refractivity contribution in [3.8, 4) is 0 Å². The highest BCUT2D eigenvalue weighted by molar-refractivity contribution is 6.12. The van der Waals surface area contributed by atoms with Gasteiger partial charge in [-0.15, -0.1) is 0 Å². The Morgan fingerprint density at radius 1 is 1.03 bits per heavy atom. The number of aryl methyl sites for hydroxylation is 2. The van der Waals surface area contributed by atoms with Gasteiger partial charge in [0.05, 0.1) is 12.5 Å². The number of amides is 2. The maximum Gasteiger partial charge on any atom is 0.259 e. The van der Waals surface area contributed by atoms with Gasteiger partial charge in [0, 0.05) is 57.2 Å². The zero-order valence-electron chi connectivity index (χ0n) is 19.2. The summed E-state index contributed by atoms with van der Waals surface area (Å²) in [5.41, 5.74) is 5.78. The Morgan fingerprint density at radius 2 is 1.71 bits per heavy atom. The monoisotopic (exact) mass is 420 g/mol. The predicted octanol–water partition coefficient (Wildman–Crippen LogP) is 3.24. The minimum Gasteiger partial charge on any atom is -0.378 e. The number of benzene rings is 2. The van der Waals surface area contributed by atoms with E-state index >= 15 is 0 Å². The maximum atomic E-state index is 13.5. The van der Waals surface area contributed by atoms with Crippen LogP contribution in [0.1, 0.15) is 39.5 Å². The van der Waals surface area contributed by atoms with E-state index in [-0.39, 0.29) is 17.9 Å². The van der Waals surface area contributed by atoms with E-state index in [1.165, 1.54) is 0 Å². The van der Waals surface area contributed by atoms with E-state index in [1.54, 1.807) is 0 Å². The summed E-state index contributed by atoms with van der Waals surface area (Å²) in [4.78, 5) is 34.8. The van der Waals surface area contributed by atoms with Gasteiger partial charge in [-0.25, -0.2) is 0 Å². The van der Waals surface area contributed by atoms with Crippen molar-refractivity contribution >= 4 is 23.2 Å². The Balaban J connectivity index is 1.71. The fraction of sp³-hybridized carbons (Fsp3) is 0.440. The van der Waals surface area contributed by atoms with Crippen molar-refractivity contribution < 1.29 is 9.59 Å². The molecule has 2 amide bonds. The smallest absolute Gasteiger partial charge is 0.259 e. The highest BCUT2D eigenvalue weighted by Gasteiger charge is 2.40. The molecule has 164 valence electrons. The van der Waals surface area contributed by atoms with E-state index < -0.39 is 0 Å². The molecule has 2 aliphatic rings. The van der Waals surface area contributed by atoms with E-state index in [0.717, 1.165) is 59.8 Å². The van der Waals surface area contributed by atoms with Crippen LogP contribution in [0.2, 0.25) is 0 Å². The van der Waals surface area contributed by atoms with Crippen LogP contribution in [0, 0.1) is 13.8 Å². The molecule has 2 heterocycles. The molecule has 0 N–H and O–H groups in total. The van der Waals surface area contributed by atoms with Crippen LogP contribution in [0.15, 0.2) is 36.4 Å². The Hall–Kier alpha value is -2.86. The van der Waals surface area contributed by atoms with Crippen molar-refractivity contribution in [1.82, 2.24) is 9.80 Å². The van der Waals surface area contributed by atoms with Crippen molar-refractivity contribution in [3.05, 3.63) is 58.7 Å². The standard InChI is InChI=1S/C25H32N4O2/c1-17-13-21-22(14-18(17)2)25(31)29(20-8-6-7-19(15-20)26(3)4)23(21)16-24(30)28-11-9-27(5)10-12-28/h6-8,13-15,23H,9-12,16H2,1-5H3. The molecule has 1 fully saturated rings. The lowest BCUT2D eigenvalue weighted by molar-refractivity contribution is -0.133. The Morgan fingerprint density at radius 3 is 2.39 bits per heavy atom. The van der Waals surface area contributed by atoms with Gasteiger partial charge in [0.15, 0.2) is 0 Å². The van der Waals surface area contributed by atoms with Gasteiger partial charge >= 0.3 is 0 Å². The van der Waals surface area contributed by atoms with Gasteiger partial charge < -0.3 is 19.6 Å². The van der Waals surface area contributed by atoms with E-state index in [9.17, 15) is 9.59 Å². The van der Waals surface area contributed by atoms with Crippen molar-refractivity contribution in [1.29, 1.82) is 0 Å². The first kappa shape index (κ1) is 21.4. The number of anilines is 2. The van der Waals surface area contributed by atoms with Gasteiger partial charge in [0.2, 0.25) is 5.91 Å². The predicted molar refractivity (Wildman–Crippen MR) is 125 cm³/mol. The molecule has 1 atom stereocenters. The van der Waals surface area contributed by atoms with Gasteiger partial charge in [-0.1, -0.05) is 12.1 Å². The molecule has 1 unspecified atom stereocenters. The molecule has 4 rings (SSSR count). The quantitative estimate of drug-likeness (QED) is 0.762. The lowest BCUT2D eigenvalue weighted by atomic mass is 9.96. The Kier molecular flexibility index (Phi) is 5.75. The number of rotatable bonds is 4. The molecule has 0 saturated carbocycles. The number of carbonyl (C=O) groups excluding carboxylic acids is 2. The summed E-state index contributed by atoms with van der Waals surface area (Å²) in [5, 5.41) is 0. The maximum absolute atomic E-state index is 13.5. The molecule has 6 heteroatoms. The van der Waals surface area contributed by atoms with Crippen LogP contribution in [-0.4, -0.2) is 68.9 Å². The summed E-state index contributed by atoms with van der Waals surface area (Å²) in [6.45, 7) is 7.35.